The molecule has 0 saturated carbocycles. The van der Waals surface area contributed by atoms with Gasteiger partial charge in [-0.25, -0.2) is 4.98 Å². The number of nitrogens with zero attached hydrogens (tertiary/aromatic N) is 2. The topological polar surface area (TPSA) is 26.5 Å². The van der Waals surface area contributed by atoms with Gasteiger partial charge in [-0.15, -0.1) is 0 Å². The lowest BCUT2D eigenvalue weighted by molar-refractivity contribution is 0.456. The predicted molar refractivity (Wildman–Crippen MR) is 91.9 cm³/mol. The molecule has 0 N–H and O–H groups in total. The van der Waals surface area contributed by atoms with E-state index in [0.717, 1.165) is 34.1 Å². The molecule has 0 radical (unpaired) electrons. The largest absolute Gasteiger partial charge is 0.440 e. The number of benzene rings is 2. The van der Waals surface area contributed by atoms with E-state index in [2.05, 4.69) is 25.1 Å². The van der Waals surface area contributed by atoms with Crippen LogP contribution < -0.4 is 4.74 Å². The van der Waals surface area contributed by atoms with Crippen molar-refractivity contribution in [3.63, 3.8) is 0 Å². The quantitative estimate of drug-likeness (QED) is 0.526. The van der Waals surface area contributed by atoms with Crippen molar-refractivity contribution in [1.82, 2.24) is 9.38 Å². The number of imidazole rings is 1. The second-order valence-corrected chi connectivity index (χ2v) is 5.51. The number of pyridine rings is 1. The minimum Gasteiger partial charge on any atom is -0.440 e. The lowest BCUT2D eigenvalue weighted by atomic mass is 10.2. The highest BCUT2D eigenvalue weighted by molar-refractivity contribution is 5.63. The minimum absolute atomic E-state index is 0.765. The summed E-state index contributed by atoms with van der Waals surface area (Å²) >= 11 is 0. The van der Waals surface area contributed by atoms with Gasteiger partial charge in [0, 0.05) is 17.8 Å². The van der Waals surface area contributed by atoms with Crippen molar-refractivity contribution in [2.24, 2.45) is 0 Å². The molecule has 0 aliphatic heterocycles. The number of fused-ring (bicyclic) bond motifs is 1. The lowest BCUT2D eigenvalue weighted by Gasteiger charge is -2.08. The van der Waals surface area contributed by atoms with Crippen molar-refractivity contribution in [1.29, 1.82) is 0 Å². The van der Waals surface area contributed by atoms with Crippen LogP contribution in [0, 0.1) is 6.92 Å². The zero-order valence-electron chi connectivity index (χ0n) is 12.8. The van der Waals surface area contributed by atoms with E-state index in [1.165, 1.54) is 0 Å². The van der Waals surface area contributed by atoms with Crippen molar-refractivity contribution in [3.8, 4) is 22.9 Å². The zero-order valence-corrected chi connectivity index (χ0v) is 12.8. The summed E-state index contributed by atoms with van der Waals surface area (Å²) in [6.45, 7) is 2.05. The van der Waals surface area contributed by atoms with Crippen LogP contribution in [0.15, 0.2) is 79.0 Å². The van der Waals surface area contributed by atoms with Crippen LogP contribution in [0.1, 0.15) is 5.56 Å². The van der Waals surface area contributed by atoms with Gasteiger partial charge in [-0.1, -0.05) is 48.5 Å². The average Bonchev–Trinajstić information content (AvgIpc) is 3.01. The van der Waals surface area contributed by atoms with Gasteiger partial charge in [0.05, 0.1) is 5.69 Å². The molecule has 112 valence electrons. The van der Waals surface area contributed by atoms with Gasteiger partial charge in [0.2, 0.25) is 5.88 Å². The van der Waals surface area contributed by atoms with Crippen molar-refractivity contribution in [2.75, 3.05) is 0 Å². The number of hydrogen-bond acceptors (Lipinski definition) is 2. The maximum absolute atomic E-state index is 6.04. The molecular weight excluding hydrogens is 284 g/mol. The Bertz CT molecular complexity index is 943. The first-order chi connectivity index (χ1) is 11.3. The van der Waals surface area contributed by atoms with Crippen LogP contribution in [0.25, 0.3) is 16.9 Å². The highest BCUT2D eigenvalue weighted by Crippen LogP contribution is 2.27. The van der Waals surface area contributed by atoms with E-state index in [-0.39, 0.29) is 0 Å². The van der Waals surface area contributed by atoms with Gasteiger partial charge in [-0.3, -0.25) is 4.40 Å². The number of aryl methyl sites for hydroxylation is 1. The fourth-order valence-corrected chi connectivity index (χ4v) is 2.62. The first-order valence-electron chi connectivity index (χ1n) is 7.58. The molecular formula is C20H16N2O. The highest BCUT2D eigenvalue weighted by atomic mass is 16.5. The standard InChI is InChI=1S/C20H16N2O/c1-15-12-19-21-18(16-8-4-2-5-9-16)14-22(19)20(13-15)23-17-10-6-3-7-11-17/h2-14H,1H3. The molecule has 0 bridgehead atoms. The Hall–Kier alpha value is -3.07. The van der Waals surface area contributed by atoms with Crippen molar-refractivity contribution >= 4 is 5.65 Å². The van der Waals surface area contributed by atoms with Crippen LogP contribution >= 0.6 is 0 Å². The van der Waals surface area contributed by atoms with E-state index in [4.69, 9.17) is 9.72 Å². The summed E-state index contributed by atoms with van der Waals surface area (Å²) in [6, 6.07) is 24.1. The molecule has 4 rings (SSSR count). The Morgan fingerprint density at radius 1 is 0.870 bits per heavy atom. The zero-order chi connectivity index (χ0) is 15.6. The fraction of sp³-hybridized carbons (Fsp3) is 0.0500. The molecule has 0 spiro atoms. The monoisotopic (exact) mass is 300 g/mol. The molecule has 0 atom stereocenters. The molecule has 0 fully saturated rings. The molecule has 0 amide bonds. The molecule has 0 unspecified atom stereocenters. The highest BCUT2D eigenvalue weighted by Gasteiger charge is 2.09. The van der Waals surface area contributed by atoms with E-state index < -0.39 is 0 Å². The SMILES string of the molecule is Cc1cc(Oc2ccccc2)n2cc(-c3ccccc3)nc2c1. The summed E-state index contributed by atoms with van der Waals surface area (Å²) in [4.78, 5) is 4.73. The molecule has 3 heteroatoms. The van der Waals surface area contributed by atoms with Crippen molar-refractivity contribution in [2.45, 2.75) is 6.92 Å². The number of hydrogen-bond donors (Lipinski definition) is 0. The molecule has 0 aliphatic rings. The molecule has 3 nitrogen and oxygen atoms in total. The van der Waals surface area contributed by atoms with Gasteiger partial charge >= 0.3 is 0 Å². The molecule has 2 aromatic heterocycles. The normalized spacial score (nSPS) is 10.8. The van der Waals surface area contributed by atoms with Crippen LogP contribution in [0.5, 0.6) is 11.6 Å². The summed E-state index contributed by atoms with van der Waals surface area (Å²) in [5.74, 6) is 1.58. The van der Waals surface area contributed by atoms with Crippen LogP contribution in [0.3, 0.4) is 0 Å². The summed E-state index contributed by atoms with van der Waals surface area (Å²) in [7, 11) is 0. The molecule has 4 aromatic rings. The Balaban J connectivity index is 1.83. The second kappa shape index (κ2) is 5.61. The summed E-state index contributed by atoms with van der Waals surface area (Å²) in [5.41, 5.74) is 4.04. The Morgan fingerprint density at radius 3 is 2.30 bits per heavy atom. The van der Waals surface area contributed by atoms with Gasteiger partial charge in [0.15, 0.2) is 0 Å². The molecule has 23 heavy (non-hydrogen) atoms. The number of para-hydroxylation sites is 1. The Morgan fingerprint density at radius 2 is 1.57 bits per heavy atom. The average molecular weight is 300 g/mol. The van der Waals surface area contributed by atoms with Gasteiger partial charge in [0.25, 0.3) is 0 Å². The van der Waals surface area contributed by atoms with Crippen LogP contribution in [-0.2, 0) is 0 Å². The minimum atomic E-state index is 0.765. The van der Waals surface area contributed by atoms with Crippen LogP contribution in [0.4, 0.5) is 0 Å². The second-order valence-electron chi connectivity index (χ2n) is 5.51. The van der Waals surface area contributed by atoms with Crippen molar-refractivity contribution < 1.29 is 4.74 Å². The Labute approximate surface area is 134 Å². The summed E-state index contributed by atoms with van der Waals surface area (Å²) in [5, 5.41) is 0. The number of ether oxygens (including phenoxy) is 1. The maximum atomic E-state index is 6.04. The third-order valence-corrected chi connectivity index (χ3v) is 3.71. The van der Waals surface area contributed by atoms with Crippen LogP contribution in [0.2, 0.25) is 0 Å². The number of rotatable bonds is 3. The van der Waals surface area contributed by atoms with Crippen molar-refractivity contribution in [3.05, 3.63) is 84.6 Å². The third-order valence-electron chi connectivity index (χ3n) is 3.71. The van der Waals surface area contributed by atoms with Gasteiger partial charge in [-0.05, 0) is 30.7 Å². The van der Waals surface area contributed by atoms with Gasteiger partial charge in [0.1, 0.15) is 11.4 Å². The summed E-state index contributed by atoms with van der Waals surface area (Å²) < 4.78 is 8.03. The van der Waals surface area contributed by atoms with E-state index >= 15 is 0 Å². The smallest absolute Gasteiger partial charge is 0.206 e. The first-order valence-corrected chi connectivity index (χ1v) is 7.58. The molecule has 0 saturated heterocycles. The lowest BCUT2D eigenvalue weighted by Crippen LogP contribution is -1.93. The van der Waals surface area contributed by atoms with E-state index in [9.17, 15) is 0 Å². The van der Waals surface area contributed by atoms with E-state index in [0.29, 0.717) is 0 Å². The summed E-state index contributed by atoms with van der Waals surface area (Å²) in [6.07, 6.45) is 2.02. The van der Waals surface area contributed by atoms with Gasteiger partial charge in [-0.2, -0.15) is 0 Å². The first kappa shape index (κ1) is 13.6. The van der Waals surface area contributed by atoms with Crippen LogP contribution in [-0.4, -0.2) is 9.38 Å². The number of aromatic nitrogens is 2. The molecule has 2 aromatic carbocycles. The Kier molecular flexibility index (Phi) is 3.31. The van der Waals surface area contributed by atoms with E-state index in [1.807, 2.05) is 65.2 Å². The third kappa shape index (κ3) is 2.69. The molecule has 2 heterocycles. The van der Waals surface area contributed by atoms with Gasteiger partial charge < -0.3 is 4.74 Å². The predicted octanol–water partition coefficient (Wildman–Crippen LogP) is 5.10. The fourth-order valence-electron chi connectivity index (χ4n) is 2.62. The molecule has 0 aliphatic carbocycles. The maximum Gasteiger partial charge on any atom is 0.206 e. The van der Waals surface area contributed by atoms with E-state index in [1.54, 1.807) is 0 Å².